The van der Waals surface area contributed by atoms with Gasteiger partial charge in [-0.05, 0) is 51.4 Å². The fraction of sp³-hybridized carbons (Fsp3) is 1.00. The molecule has 0 aliphatic carbocycles. The van der Waals surface area contributed by atoms with E-state index in [2.05, 4.69) is 27.7 Å². The molecule has 0 saturated carbocycles. The Morgan fingerprint density at radius 1 is 0.368 bits per heavy atom. The normalized spacial score (nSPS) is 12.0. The molecule has 0 aromatic heterocycles. The quantitative estimate of drug-likeness (QED) is 0.0806. The van der Waals surface area contributed by atoms with E-state index in [0.29, 0.717) is 0 Å². The zero-order valence-electron chi connectivity index (χ0n) is 26.3. The van der Waals surface area contributed by atoms with Crippen LogP contribution in [0.15, 0.2) is 0 Å². The molecule has 0 aromatic rings. The maximum Gasteiger partial charge on any atom is 0.0786 e. The van der Waals surface area contributed by atoms with Gasteiger partial charge in [-0.15, -0.1) is 0 Å². The van der Waals surface area contributed by atoms with Crippen LogP contribution >= 0.6 is 0 Å². The average Bonchev–Trinajstić information content (AvgIpc) is 2.86. The Labute approximate surface area is 241 Å². The van der Waals surface area contributed by atoms with Crippen molar-refractivity contribution < 1.29 is 33.4 Å². The SMILES string of the molecule is CCCCCCCC[N+](CCCCCCCC)(CCCCCCCC)CCCCCCCC.[O-][Cl+3]([O-])([O-])O. The molecule has 0 aliphatic heterocycles. The fourth-order valence-corrected chi connectivity index (χ4v) is 5.58. The van der Waals surface area contributed by atoms with Gasteiger partial charge in [0.05, 0.1) is 41.1 Å². The van der Waals surface area contributed by atoms with Crippen LogP contribution in [0.2, 0.25) is 0 Å². The topological polar surface area (TPSA) is 89.4 Å². The third kappa shape index (κ3) is 34.1. The highest BCUT2D eigenvalue weighted by Crippen LogP contribution is 2.20. The minimum atomic E-state index is -4.69. The number of nitrogens with zero attached hydrogens (tertiary/aromatic N) is 1. The van der Waals surface area contributed by atoms with Gasteiger partial charge in [0.25, 0.3) is 0 Å². The Morgan fingerprint density at radius 2 is 0.526 bits per heavy atom. The van der Waals surface area contributed by atoms with Crippen LogP contribution in [-0.2, 0) is 0 Å². The first-order chi connectivity index (χ1) is 18.2. The largest absolute Gasteiger partial charge is 0.324 e. The molecule has 232 valence electrons. The van der Waals surface area contributed by atoms with Crippen molar-refractivity contribution in [2.45, 2.75) is 182 Å². The number of unbranched alkanes of at least 4 members (excludes halogenated alkanes) is 20. The van der Waals surface area contributed by atoms with Crippen LogP contribution in [0, 0.1) is 10.2 Å². The van der Waals surface area contributed by atoms with E-state index in [1.807, 2.05) is 0 Å². The number of quaternary nitrogens is 1. The lowest BCUT2D eigenvalue weighted by Gasteiger charge is -2.40. The van der Waals surface area contributed by atoms with E-state index in [0.717, 1.165) is 0 Å². The molecular formula is C32H69ClNO4+. The molecule has 0 unspecified atom stereocenters. The Hall–Kier alpha value is 0.0900. The van der Waals surface area contributed by atoms with Crippen molar-refractivity contribution in [3.8, 4) is 0 Å². The maximum atomic E-state index is 8.60. The molecule has 0 bridgehead atoms. The zero-order chi connectivity index (χ0) is 28.8. The number of rotatable bonds is 28. The fourth-order valence-electron chi connectivity index (χ4n) is 5.58. The summed E-state index contributed by atoms with van der Waals surface area (Å²) < 4.78 is 34.2. The third-order valence-electron chi connectivity index (χ3n) is 7.94. The second-order valence-corrected chi connectivity index (χ2v) is 12.5. The predicted molar refractivity (Wildman–Crippen MR) is 155 cm³/mol. The van der Waals surface area contributed by atoms with Crippen molar-refractivity contribution in [1.29, 1.82) is 0 Å². The van der Waals surface area contributed by atoms with E-state index in [-0.39, 0.29) is 0 Å². The van der Waals surface area contributed by atoms with Gasteiger partial charge in [0.1, 0.15) is 0 Å². The molecular weight excluding hydrogens is 498 g/mol. The lowest BCUT2D eigenvalue weighted by molar-refractivity contribution is -1.92. The van der Waals surface area contributed by atoms with Crippen LogP contribution < -0.4 is 14.0 Å². The van der Waals surface area contributed by atoms with Crippen molar-refractivity contribution >= 4 is 0 Å². The van der Waals surface area contributed by atoms with Crippen LogP contribution in [0.5, 0.6) is 0 Å². The van der Waals surface area contributed by atoms with Gasteiger partial charge in [-0.1, -0.05) is 130 Å². The van der Waals surface area contributed by atoms with Crippen LogP contribution in [0.3, 0.4) is 0 Å². The number of halogens is 1. The van der Waals surface area contributed by atoms with Gasteiger partial charge in [-0.3, -0.25) is 0 Å². The first-order valence-electron chi connectivity index (χ1n) is 16.7. The lowest BCUT2D eigenvalue weighted by Crippen LogP contribution is -2.58. The van der Waals surface area contributed by atoms with E-state index in [1.165, 1.54) is 185 Å². The maximum absolute atomic E-state index is 8.60. The van der Waals surface area contributed by atoms with Crippen LogP contribution in [0.1, 0.15) is 182 Å². The monoisotopic (exact) mass is 566 g/mol. The summed E-state index contributed by atoms with van der Waals surface area (Å²) in [7, 11) is -4.69. The van der Waals surface area contributed by atoms with Crippen molar-refractivity contribution in [2.75, 3.05) is 26.2 Å². The van der Waals surface area contributed by atoms with Crippen molar-refractivity contribution in [1.82, 2.24) is 0 Å². The highest BCUT2D eigenvalue weighted by atomic mass is 35.7. The molecule has 0 spiro atoms. The predicted octanol–water partition coefficient (Wildman–Crippen LogP) is 7.12. The number of hydrogen-bond acceptors (Lipinski definition) is 4. The summed E-state index contributed by atoms with van der Waals surface area (Å²) >= 11 is 0. The van der Waals surface area contributed by atoms with Gasteiger partial charge in [0, 0.05) is 0 Å². The molecule has 0 rings (SSSR count). The summed E-state index contributed by atoms with van der Waals surface area (Å²) in [5.41, 5.74) is 0. The Morgan fingerprint density at radius 3 is 0.711 bits per heavy atom. The molecule has 0 heterocycles. The van der Waals surface area contributed by atoms with E-state index < -0.39 is 10.2 Å². The van der Waals surface area contributed by atoms with E-state index in [1.54, 1.807) is 0 Å². The molecule has 6 heteroatoms. The molecule has 0 aromatic carbocycles. The third-order valence-corrected chi connectivity index (χ3v) is 7.94. The van der Waals surface area contributed by atoms with E-state index in [4.69, 9.17) is 18.6 Å². The van der Waals surface area contributed by atoms with Gasteiger partial charge in [-0.25, -0.2) is 0 Å². The van der Waals surface area contributed by atoms with E-state index >= 15 is 0 Å². The smallest absolute Gasteiger partial charge is 0.0786 e. The minimum Gasteiger partial charge on any atom is -0.324 e. The Kier molecular flexibility index (Phi) is 31.8. The summed E-state index contributed by atoms with van der Waals surface area (Å²) in [4.78, 5) is 0. The van der Waals surface area contributed by atoms with Crippen LogP contribution in [0.25, 0.3) is 0 Å². The highest BCUT2D eigenvalue weighted by molar-refractivity contribution is 4.55. The Bertz CT molecular complexity index is 370. The van der Waals surface area contributed by atoms with Crippen molar-refractivity contribution in [2.24, 2.45) is 0 Å². The Balaban J connectivity index is 0. The summed E-state index contributed by atoms with van der Waals surface area (Å²) in [6.45, 7) is 15.3. The van der Waals surface area contributed by atoms with Gasteiger partial charge >= 0.3 is 0 Å². The minimum absolute atomic E-state index is 1.37. The molecule has 5 nitrogen and oxygen atoms in total. The lowest BCUT2D eigenvalue weighted by atomic mass is 10.0. The van der Waals surface area contributed by atoms with Gasteiger partial charge in [0.2, 0.25) is 0 Å². The molecule has 0 amide bonds. The van der Waals surface area contributed by atoms with Crippen molar-refractivity contribution in [3.05, 3.63) is 0 Å². The van der Waals surface area contributed by atoms with Crippen LogP contribution in [0.4, 0.5) is 0 Å². The second kappa shape index (κ2) is 30.1. The molecule has 0 fully saturated rings. The summed E-state index contributed by atoms with van der Waals surface area (Å²) in [5.74, 6) is 0. The highest BCUT2D eigenvalue weighted by Gasteiger charge is 2.25. The molecule has 0 saturated heterocycles. The van der Waals surface area contributed by atoms with Gasteiger partial charge in [-0.2, -0.15) is 14.0 Å². The van der Waals surface area contributed by atoms with Crippen LogP contribution in [-0.4, -0.2) is 35.3 Å². The molecule has 38 heavy (non-hydrogen) atoms. The summed E-state index contributed by atoms with van der Waals surface area (Å²) in [6, 6.07) is 0. The van der Waals surface area contributed by atoms with Gasteiger partial charge < -0.3 is 4.48 Å². The first-order valence-corrected chi connectivity index (χ1v) is 18.0. The number of hydrogen-bond donors (Lipinski definition) is 1. The molecule has 1 N–H and O–H groups in total. The van der Waals surface area contributed by atoms with Gasteiger partial charge in [0.15, 0.2) is 0 Å². The summed E-state index contributed by atoms with van der Waals surface area (Å²) in [5, 5.41) is 0. The molecule has 0 atom stereocenters. The van der Waals surface area contributed by atoms with Crippen molar-refractivity contribution in [3.63, 3.8) is 0 Å². The molecule has 0 radical (unpaired) electrons. The average molecular weight is 567 g/mol. The first kappa shape index (κ1) is 40.2. The van der Waals surface area contributed by atoms with E-state index in [9.17, 15) is 0 Å². The second-order valence-electron chi connectivity index (χ2n) is 11.7. The zero-order valence-corrected chi connectivity index (χ0v) is 27.1. The summed E-state index contributed by atoms with van der Waals surface area (Å²) in [6.07, 6.45) is 34.8. The molecule has 0 aliphatic rings. The standard InChI is InChI=1S/C32H68N.ClHO4/c1-5-9-13-17-21-25-29-33(30-26-22-18-14-10-6-2,31-27-23-19-15-11-7-3)32-28-24-20-16-12-8-4;2-1(3,4)5/h5-32H2,1-4H3;(H,2,3,4,5)/q+1;.